The number of aromatic nitrogens is 2. The van der Waals surface area contributed by atoms with Gasteiger partial charge in [0, 0.05) is 43.7 Å². The molecule has 0 saturated heterocycles. The van der Waals surface area contributed by atoms with Gasteiger partial charge in [0.1, 0.15) is 0 Å². The van der Waals surface area contributed by atoms with Gasteiger partial charge in [0.15, 0.2) is 0 Å². The third kappa shape index (κ3) is 4.75. The topological polar surface area (TPSA) is 9.86 Å². The third-order valence-corrected chi connectivity index (χ3v) is 14.2. The van der Waals surface area contributed by atoms with Gasteiger partial charge < -0.3 is 9.13 Å². The number of fused-ring (bicyclic) bond motifs is 12. The van der Waals surface area contributed by atoms with Crippen molar-refractivity contribution in [2.45, 2.75) is 38.5 Å². The number of nitrogens with zero attached hydrogens (tertiary/aromatic N) is 2. The molecule has 2 aliphatic rings. The fourth-order valence-corrected chi connectivity index (χ4v) is 11.2. The molecule has 0 unspecified atom stereocenters. The van der Waals surface area contributed by atoms with Crippen molar-refractivity contribution in [1.82, 2.24) is 9.13 Å². The molecule has 0 aliphatic heterocycles. The van der Waals surface area contributed by atoms with Gasteiger partial charge in [0.05, 0.1) is 28.9 Å². The first-order chi connectivity index (χ1) is 32.3. The van der Waals surface area contributed by atoms with Crippen molar-refractivity contribution in [3.05, 3.63) is 216 Å². The van der Waals surface area contributed by atoms with Crippen LogP contribution in [0.5, 0.6) is 0 Å². The van der Waals surface area contributed by atoms with Gasteiger partial charge in [-0.15, -0.1) is 0 Å². The molecular weight excluding hydrogens is 749 g/mol. The van der Waals surface area contributed by atoms with Crippen LogP contribution in [0.4, 0.5) is 0 Å². The minimum absolute atomic E-state index is 0.0977. The number of hydrogen-bond donors (Lipinski definition) is 0. The van der Waals surface area contributed by atoms with E-state index in [0.29, 0.717) is 5.56 Å². The van der Waals surface area contributed by atoms with Crippen molar-refractivity contribution in [2.75, 3.05) is 0 Å². The smallest absolute Gasteiger partial charge is 0.0629 e. The van der Waals surface area contributed by atoms with Crippen LogP contribution < -0.4 is 0 Å². The van der Waals surface area contributed by atoms with E-state index in [9.17, 15) is 0 Å². The van der Waals surface area contributed by atoms with Crippen molar-refractivity contribution in [3.63, 3.8) is 0 Å². The van der Waals surface area contributed by atoms with E-state index in [0.717, 1.165) is 66.6 Å². The van der Waals surface area contributed by atoms with E-state index in [1.807, 2.05) is 12.1 Å². The van der Waals surface area contributed by atoms with Crippen molar-refractivity contribution < 1.29 is 6.85 Å². The molecule has 2 aliphatic carbocycles. The molecule has 2 nitrogen and oxygen atoms in total. The zero-order valence-corrected chi connectivity index (χ0v) is 35.0. The Morgan fingerprint density at radius 1 is 0.355 bits per heavy atom. The van der Waals surface area contributed by atoms with Crippen LogP contribution in [0.15, 0.2) is 194 Å². The highest BCUT2D eigenvalue weighted by Gasteiger charge is 2.38. The Balaban J connectivity index is 0.950. The summed E-state index contributed by atoms with van der Waals surface area (Å²) >= 11 is 0. The Hall–Kier alpha value is -7.42. The van der Waals surface area contributed by atoms with E-state index >= 15 is 0 Å². The number of benzene rings is 9. The highest BCUT2D eigenvalue weighted by Crippen LogP contribution is 2.53. The van der Waals surface area contributed by atoms with Crippen LogP contribution in [0.25, 0.3) is 99.5 Å². The van der Waals surface area contributed by atoms with Gasteiger partial charge in [0.25, 0.3) is 0 Å². The van der Waals surface area contributed by atoms with Crippen molar-refractivity contribution in [1.29, 1.82) is 0 Å². The molecule has 2 aromatic heterocycles. The molecule has 0 atom stereocenters. The van der Waals surface area contributed by atoms with E-state index < -0.39 is 0 Å². The van der Waals surface area contributed by atoms with Crippen LogP contribution in [0.3, 0.4) is 0 Å². The lowest BCUT2D eigenvalue weighted by molar-refractivity contribution is 0.660. The van der Waals surface area contributed by atoms with Gasteiger partial charge in [-0.2, -0.15) is 0 Å². The fraction of sp³-hybridized carbons (Fsp3) is 0.100. The third-order valence-electron chi connectivity index (χ3n) is 14.2. The van der Waals surface area contributed by atoms with Crippen molar-refractivity contribution in [2.24, 2.45) is 0 Å². The summed E-state index contributed by atoms with van der Waals surface area (Å²) in [6, 6.07) is 58.0. The van der Waals surface area contributed by atoms with Gasteiger partial charge >= 0.3 is 0 Å². The predicted octanol–water partition coefficient (Wildman–Crippen LogP) is 15.8. The van der Waals surface area contributed by atoms with Gasteiger partial charge in [-0.1, -0.05) is 161 Å². The summed E-state index contributed by atoms with van der Waals surface area (Å²) in [5, 5.41) is 4.73. The largest absolute Gasteiger partial charge is 0.309 e. The fourth-order valence-electron chi connectivity index (χ4n) is 11.2. The van der Waals surface area contributed by atoms with Crippen molar-refractivity contribution in [3.8, 4) is 55.9 Å². The summed E-state index contributed by atoms with van der Waals surface area (Å²) in [6.45, 7) is 9.08. The zero-order valence-electron chi connectivity index (χ0n) is 40.0. The average molecular weight is 798 g/mol. The highest BCUT2D eigenvalue weighted by atomic mass is 15.0. The molecule has 0 bridgehead atoms. The Kier molecular flexibility index (Phi) is 6.20. The summed E-state index contributed by atoms with van der Waals surface area (Å²) in [7, 11) is 0. The molecule has 11 aromatic rings. The van der Waals surface area contributed by atoms with E-state index in [2.05, 4.69) is 188 Å². The quantitative estimate of drug-likeness (QED) is 0.168. The van der Waals surface area contributed by atoms with Crippen LogP contribution in [0.2, 0.25) is 0 Å². The lowest BCUT2D eigenvalue weighted by Gasteiger charge is -2.22. The van der Waals surface area contributed by atoms with Crippen LogP contribution in [-0.4, -0.2) is 9.13 Å². The first kappa shape index (κ1) is 30.6. The second-order valence-corrected chi connectivity index (χ2v) is 18.2. The number of para-hydroxylation sites is 2. The first-order valence-electron chi connectivity index (χ1n) is 24.0. The van der Waals surface area contributed by atoms with Gasteiger partial charge in [0.2, 0.25) is 0 Å². The minimum Gasteiger partial charge on any atom is -0.309 e. The second-order valence-electron chi connectivity index (χ2n) is 18.2. The summed E-state index contributed by atoms with van der Waals surface area (Å²) in [4.78, 5) is 0. The molecule has 13 rings (SSSR count). The van der Waals surface area contributed by atoms with Crippen LogP contribution in [-0.2, 0) is 10.8 Å². The monoisotopic (exact) mass is 797 g/mol. The van der Waals surface area contributed by atoms with Gasteiger partial charge in [-0.25, -0.2) is 0 Å². The Morgan fingerprint density at radius 2 is 0.871 bits per heavy atom. The van der Waals surface area contributed by atoms with E-state index in [1.54, 1.807) is 0 Å². The maximum Gasteiger partial charge on any atom is 0.0629 e. The second kappa shape index (κ2) is 12.6. The number of hydrogen-bond acceptors (Lipinski definition) is 0. The molecule has 0 N–H and O–H groups in total. The van der Waals surface area contributed by atoms with Crippen LogP contribution in [0, 0.1) is 0 Å². The zero-order chi connectivity index (χ0) is 45.8. The molecule has 62 heavy (non-hydrogen) atoms. The summed E-state index contributed by atoms with van der Waals surface area (Å²) in [5.41, 5.74) is 18.9. The lowest BCUT2D eigenvalue weighted by Crippen LogP contribution is -2.15. The Bertz CT molecular complexity index is 3970. The SMILES string of the molecule is [2H]c1c([2H])c([2H])c(-c2cccc3c2-c2cc(-n4c5ccccc5c5cc(-c6ccc7c(c6)c6ccccc6n7-c6ccc7c(c6)C(C)(C)c6ccccc6-7)ccc54)ccc2C3(C)C)c([2H])c1[2H]. The molecule has 0 saturated carbocycles. The first-order valence-corrected chi connectivity index (χ1v) is 21.5. The van der Waals surface area contributed by atoms with E-state index in [1.165, 1.54) is 44.1 Å². The molecule has 9 aromatic carbocycles. The molecule has 2 heteroatoms. The molecule has 0 radical (unpaired) electrons. The molecule has 294 valence electrons. The average Bonchev–Trinajstić information content (AvgIpc) is 4.01. The normalized spacial score (nSPS) is 15.5. The minimum atomic E-state index is -0.390. The molecule has 2 heterocycles. The molecular formula is C60H44N2. The Labute approximate surface area is 369 Å². The van der Waals surface area contributed by atoms with E-state index in [-0.39, 0.29) is 46.6 Å². The maximum atomic E-state index is 8.92. The van der Waals surface area contributed by atoms with Gasteiger partial charge in [-0.3, -0.25) is 0 Å². The molecule has 0 spiro atoms. The van der Waals surface area contributed by atoms with E-state index in [4.69, 9.17) is 6.85 Å². The Morgan fingerprint density at radius 3 is 1.56 bits per heavy atom. The van der Waals surface area contributed by atoms with Crippen LogP contribution >= 0.6 is 0 Å². The predicted molar refractivity (Wildman–Crippen MR) is 261 cm³/mol. The van der Waals surface area contributed by atoms with Crippen molar-refractivity contribution >= 4 is 43.6 Å². The molecule has 0 amide bonds. The maximum absolute atomic E-state index is 8.92. The lowest BCUT2D eigenvalue weighted by atomic mass is 9.82. The standard InChI is InChI=1S/C60H44N2/c1-59(2)51-30-28-40(35-49(51)58-42(20-14-22-52(58)59)37-15-6-5-7-16-37)61-54-23-12-9-18-45(54)47-33-38(25-31-56(47)61)39-26-32-57-48(34-39)46-19-10-13-24-55(46)62(57)41-27-29-44-43-17-8-11-21-50(43)60(3,4)53(44)36-41/h5-36H,1-4H3/i5D,6D,7D,15D,16D. The summed E-state index contributed by atoms with van der Waals surface area (Å²) < 4.78 is 47.9. The summed E-state index contributed by atoms with van der Waals surface area (Å²) in [6.07, 6.45) is 0. The van der Waals surface area contributed by atoms with Gasteiger partial charge in [-0.05, 0) is 127 Å². The highest BCUT2D eigenvalue weighted by molar-refractivity contribution is 6.13. The molecule has 0 fully saturated rings. The summed E-state index contributed by atoms with van der Waals surface area (Å²) in [5.74, 6) is 0. The number of rotatable bonds is 4. The van der Waals surface area contributed by atoms with Crippen LogP contribution in [0.1, 0.15) is 56.8 Å².